The fourth-order valence-corrected chi connectivity index (χ4v) is 2.16. The van der Waals surface area contributed by atoms with Crippen molar-refractivity contribution in [3.05, 3.63) is 35.9 Å². The van der Waals surface area contributed by atoms with Crippen molar-refractivity contribution in [1.82, 2.24) is 0 Å². The molecule has 7 nitrogen and oxygen atoms in total. The van der Waals surface area contributed by atoms with Gasteiger partial charge in [-0.25, -0.2) is 0 Å². The lowest BCUT2D eigenvalue weighted by atomic mass is 9.99. The van der Waals surface area contributed by atoms with Gasteiger partial charge in [0.15, 0.2) is 6.29 Å². The second-order valence-electron chi connectivity index (χ2n) is 4.99. The summed E-state index contributed by atoms with van der Waals surface area (Å²) >= 11 is 0. The first-order chi connectivity index (χ1) is 10.5. The largest absolute Gasteiger partial charge is 0.507 e. The number of hydrogen-bond acceptors (Lipinski definition) is 7. The van der Waals surface area contributed by atoms with Gasteiger partial charge in [-0.3, -0.25) is 0 Å². The third-order valence-corrected chi connectivity index (χ3v) is 3.44. The first-order valence-corrected chi connectivity index (χ1v) is 6.91. The van der Waals surface area contributed by atoms with Crippen LogP contribution in [0.2, 0.25) is 0 Å². The van der Waals surface area contributed by atoms with Crippen LogP contribution in [0.15, 0.2) is 30.3 Å². The Hall–Kier alpha value is -1.48. The van der Waals surface area contributed by atoms with Crippen molar-refractivity contribution in [2.75, 3.05) is 13.2 Å². The van der Waals surface area contributed by atoms with Crippen LogP contribution in [-0.4, -0.2) is 69.5 Å². The fraction of sp³-hybridized carbons (Fsp3) is 0.467. The molecule has 1 aromatic rings. The maximum atomic E-state index is 9.78. The summed E-state index contributed by atoms with van der Waals surface area (Å²) in [5, 5.41) is 47.7. The predicted octanol–water partition coefficient (Wildman–Crippen LogP) is -0.778. The van der Waals surface area contributed by atoms with Crippen LogP contribution in [0.3, 0.4) is 0 Å². The molecule has 0 bridgehead atoms. The van der Waals surface area contributed by atoms with Gasteiger partial charge < -0.3 is 35.0 Å². The Morgan fingerprint density at radius 1 is 1.09 bits per heavy atom. The molecule has 122 valence electrons. The van der Waals surface area contributed by atoms with Crippen molar-refractivity contribution in [2.24, 2.45) is 0 Å². The molecule has 0 aromatic heterocycles. The number of hydrogen-bond donors (Lipinski definition) is 5. The zero-order valence-corrected chi connectivity index (χ0v) is 11.8. The van der Waals surface area contributed by atoms with Crippen molar-refractivity contribution in [1.29, 1.82) is 0 Å². The van der Waals surface area contributed by atoms with E-state index < -0.39 is 37.3 Å². The first kappa shape index (κ1) is 16.9. The zero-order valence-electron chi connectivity index (χ0n) is 11.8. The lowest BCUT2D eigenvalue weighted by Gasteiger charge is -2.39. The number of para-hydroxylation sites is 1. The van der Waals surface area contributed by atoms with Gasteiger partial charge in [0.05, 0.1) is 13.2 Å². The Balaban J connectivity index is 1.89. The number of rotatable bonds is 5. The molecule has 1 aliphatic heterocycles. The van der Waals surface area contributed by atoms with E-state index in [0.717, 1.165) is 0 Å². The topological polar surface area (TPSA) is 120 Å². The molecule has 0 saturated carbocycles. The molecular formula is C15H20O7. The van der Waals surface area contributed by atoms with Gasteiger partial charge in [0.2, 0.25) is 0 Å². The number of aliphatic hydroxyl groups is 4. The minimum absolute atomic E-state index is 0.0526. The second-order valence-corrected chi connectivity index (χ2v) is 4.99. The van der Waals surface area contributed by atoms with E-state index in [4.69, 9.17) is 14.6 Å². The minimum atomic E-state index is -1.46. The van der Waals surface area contributed by atoms with Gasteiger partial charge in [-0.2, -0.15) is 0 Å². The number of benzene rings is 1. The van der Waals surface area contributed by atoms with E-state index in [1.165, 1.54) is 0 Å². The van der Waals surface area contributed by atoms with Gasteiger partial charge in [-0.05, 0) is 6.07 Å². The molecule has 1 aromatic carbocycles. The van der Waals surface area contributed by atoms with E-state index in [1.54, 1.807) is 36.4 Å². The van der Waals surface area contributed by atoms with E-state index in [0.29, 0.717) is 5.56 Å². The van der Waals surface area contributed by atoms with Gasteiger partial charge in [0.25, 0.3) is 0 Å². The highest BCUT2D eigenvalue weighted by Crippen LogP contribution is 2.22. The lowest BCUT2D eigenvalue weighted by molar-refractivity contribution is -0.298. The maximum Gasteiger partial charge on any atom is 0.187 e. The zero-order chi connectivity index (χ0) is 16.1. The van der Waals surface area contributed by atoms with Gasteiger partial charge in [0, 0.05) is 5.56 Å². The molecule has 5 N–H and O–H groups in total. The van der Waals surface area contributed by atoms with Crippen LogP contribution in [-0.2, 0) is 9.47 Å². The third kappa shape index (κ3) is 3.83. The highest BCUT2D eigenvalue weighted by atomic mass is 16.7. The highest BCUT2D eigenvalue weighted by Gasteiger charge is 2.43. The predicted molar refractivity (Wildman–Crippen MR) is 76.9 cm³/mol. The van der Waals surface area contributed by atoms with Crippen LogP contribution in [0, 0.1) is 0 Å². The summed E-state index contributed by atoms with van der Waals surface area (Å²) in [5.74, 6) is 0.131. The van der Waals surface area contributed by atoms with Crippen molar-refractivity contribution >= 4 is 6.08 Å². The molecule has 0 radical (unpaired) electrons. The fourth-order valence-electron chi connectivity index (χ4n) is 2.16. The number of phenols is 1. The van der Waals surface area contributed by atoms with Crippen LogP contribution in [0.1, 0.15) is 5.56 Å². The molecule has 1 heterocycles. The molecule has 1 aliphatic rings. The Morgan fingerprint density at radius 2 is 1.82 bits per heavy atom. The number of aromatic hydroxyl groups is 1. The Morgan fingerprint density at radius 3 is 2.50 bits per heavy atom. The normalized spacial score (nSPS) is 32.5. The molecule has 0 unspecified atom stereocenters. The monoisotopic (exact) mass is 312 g/mol. The average Bonchev–Trinajstić information content (AvgIpc) is 2.52. The Bertz CT molecular complexity index is 502. The van der Waals surface area contributed by atoms with Crippen molar-refractivity contribution < 1.29 is 35.0 Å². The van der Waals surface area contributed by atoms with Crippen LogP contribution >= 0.6 is 0 Å². The van der Waals surface area contributed by atoms with Crippen LogP contribution < -0.4 is 0 Å². The summed E-state index contributed by atoms with van der Waals surface area (Å²) in [6, 6.07) is 6.76. The second kappa shape index (κ2) is 7.68. The van der Waals surface area contributed by atoms with Crippen LogP contribution in [0.4, 0.5) is 0 Å². The van der Waals surface area contributed by atoms with Crippen LogP contribution in [0.5, 0.6) is 5.75 Å². The standard InChI is InChI=1S/C15H20O7/c16-8-11-12(18)13(19)14(20)15(22-11)21-7-3-5-9-4-1-2-6-10(9)17/h1-6,11-20H,7-8H2/b5-3+/t11-,12-,13+,14-,15+/m1/s1. The number of phenolic OH excluding ortho intramolecular Hbond substituents is 1. The van der Waals surface area contributed by atoms with E-state index in [1.807, 2.05) is 0 Å². The Labute approximate surface area is 127 Å². The molecule has 1 fully saturated rings. The quantitative estimate of drug-likeness (QED) is 0.484. The van der Waals surface area contributed by atoms with E-state index in [-0.39, 0.29) is 12.4 Å². The van der Waals surface area contributed by atoms with Crippen molar-refractivity contribution in [2.45, 2.75) is 30.7 Å². The van der Waals surface area contributed by atoms with Crippen LogP contribution in [0.25, 0.3) is 6.08 Å². The smallest absolute Gasteiger partial charge is 0.187 e. The number of ether oxygens (including phenoxy) is 2. The molecule has 5 atom stereocenters. The number of aliphatic hydroxyl groups excluding tert-OH is 4. The van der Waals surface area contributed by atoms with Gasteiger partial charge >= 0.3 is 0 Å². The minimum Gasteiger partial charge on any atom is -0.507 e. The van der Waals surface area contributed by atoms with Gasteiger partial charge in [0.1, 0.15) is 30.2 Å². The summed E-state index contributed by atoms with van der Waals surface area (Å²) in [4.78, 5) is 0. The van der Waals surface area contributed by atoms with E-state index in [9.17, 15) is 20.4 Å². The average molecular weight is 312 g/mol. The highest BCUT2D eigenvalue weighted by molar-refractivity contribution is 5.56. The summed E-state index contributed by atoms with van der Waals surface area (Å²) in [5.41, 5.74) is 0.611. The van der Waals surface area contributed by atoms with Crippen molar-refractivity contribution in [3.63, 3.8) is 0 Å². The summed E-state index contributed by atoms with van der Waals surface area (Å²) in [6.45, 7) is -0.449. The molecule has 2 rings (SSSR count). The molecular weight excluding hydrogens is 292 g/mol. The van der Waals surface area contributed by atoms with E-state index >= 15 is 0 Å². The molecule has 1 saturated heterocycles. The summed E-state index contributed by atoms with van der Waals surface area (Å²) in [7, 11) is 0. The summed E-state index contributed by atoms with van der Waals surface area (Å²) < 4.78 is 10.5. The van der Waals surface area contributed by atoms with Crippen molar-refractivity contribution in [3.8, 4) is 5.75 Å². The molecule has 22 heavy (non-hydrogen) atoms. The maximum absolute atomic E-state index is 9.78. The van der Waals surface area contributed by atoms with Gasteiger partial charge in [-0.15, -0.1) is 0 Å². The lowest BCUT2D eigenvalue weighted by Crippen LogP contribution is -2.59. The molecule has 0 spiro atoms. The molecule has 0 amide bonds. The summed E-state index contributed by atoms with van der Waals surface area (Å²) in [6.07, 6.45) is -3.20. The van der Waals surface area contributed by atoms with E-state index in [2.05, 4.69) is 0 Å². The molecule has 0 aliphatic carbocycles. The Kier molecular flexibility index (Phi) is 5.90. The SMILES string of the molecule is OC[C@H]1O[C@H](OC/C=C/c2ccccc2O)[C@H](O)[C@@H](O)[C@@H]1O. The first-order valence-electron chi connectivity index (χ1n) is 6.91. The molecule has 7 heteroatoms. The third-order valence-electron chi connectivity index (χ3n) is 3.44. The van der Waals surface area contributed by atoms with Gasteiger partial charge in [-0.1, -0.05) is 30.4 Å².